The molecule has 176 valence electrons. The highest BCUT2D eigenvalue weighted by Gasteiger charge is 2.40. The maximum absolute atomic E-state index is 12.4. The van der Waals surface area contributed by atoms with Crippen LogP contribution in [0.4, 0.5) is 0 Å². The number of likely N-dealkylation sites (tertiary alicyclic amines) is 1. The SMILES string of the molecule is CCCCCCC[C@@](O)(c1ccc(OCC)cc1)[C@H](CN1CCCCC1)c1ccccc1. The summed E-state index contributed by atoms with van der Waals surface area (Å²) < 4.78 is 5.68. The second-order valence-electron chi connectivity index (χ2n) is 9.37. The third-order valence-electron chi connectivity index (χ3n) is 6.99. The van der Waals surface area contributed by atoms with E-state index in [1.165, 1.54) is 50.5 Å². The highest BCUT2D eigenvalue weighted by molar-refractivity contribution is 5.35. The van der Waals surface area contributed by atoms with Crippen LogP contribution in [0, 0.1) is 0 Å². The van der Waals surface area contributed by atoms with Crippen LogP contribution in [0.25, 0.3) is 0 Å². The van der Waals surface area contributed by atoms with Crippen LogP contribution in [0.1, 0.15) is 88.7 Å². The van der Waals surface area contributed by atoms with E-state index in [1.54, 1.807) is 0 Å². The van der Waals surface area contributed by atoms with Gasteiger partial charge in [0, 0.05) is 12.5 Å². The molecule has 1 fully saturated rings. The molecule has 0 saturated carbocycles. The summed E-state index contributed by atoms with van der Waals surface area (Å²) in [5.74, 6) is 0.916. The zero-order valence-corrected chi connectivity index (χ0v) is 20.3. The van der Waals surface area contributed by atoms with E-state index in [0.29, 0.717) is 6.61 Å². The Kier molecular flexibility index (Phi) is 10.1. The van der Waals surface area contributed by atoms with E-state index < -0.39 is 5.60 Å². The van der Waals surface area contributed by atoms with E-state index in [1.807, 2.05) is 19.1 Å². The first kappa shape index (κ1) is 24.8. The summed E-state index contributed by atoms with van der Waals surface area (Å²) >= 11 is 0. The quantitative estimate of drug-likeness (QED) is 0.346. The molecule has 0 aromatic heterocycles. The summed E-state index contributed by atoms with van der Waals surface area (Å²) in [7, 11) is 0. The normalized spacial score (nSPS) is 17.6. The Balaban J connectivity index is 1.91. The van der Waals surface area contributed by atoms with Crippen LogP contribution >= 0.6 is 0 Å². The van der Waals surface area contributed by atoms with Crippen molar-refractivity contribution in [2.45, 2.75) is 83.2 Å². The van der Waals surface area contributed by atoms with E-state index in [-0.39, 0.29) is 5.92 Å². The first-order valence-electron chi connectivity index (χ1n) is 12.9. The van der Waals surface area contributed by atoms with Crippen LogP contribution in [0.3, 0.4) is 0 Å². The maximum atomic E-state index is 12.4. The van der Waals surface area contributed by atoms with Gasteiger partial charge in [0.1, 0.15) is 5.75 Å². The van der Waals surface area contributed by atoms with Gasteiger partial charge in [-0.2, -0.15) is 0 Å². The lowest BCUT2D eigenvalue weighted by Crippen LogP contribution is -2.42. The Morgan fingerprint density at radius 3 is 2.22 bits per heavy atom. The van der Waals surface area contributed by atoms with Crippen LogP contribution < -0.4 is 4.74 Å². The summed E-state index contributed by atoms with van der Waals surface area (Å²) in [4.78, 5) is 2.57. The van der Waals surface area contributed by atoms with Gasteiger partial charge in [0.2, 0.25) is 0 Å². The Bertz CT molecular complexity index is 754. The van der Waals surface area contributed by atoms with Gasteiger partial charge in [-0.15, -0.1) is 0 Å². The molecule has 3 heteroatoms. The van der Waals surface area contributed by atoms with Crippen molar-refractivity contribution < 1.29 is 9.84 Å². The molecule has 0 radical (unpaired) electrons. The molecule has 1 aliphatic heterocycles. The molecule has 0 unspecified atom stereocenters. The number of benzene rings is 2. The van der Waals surface area contributed by atoms with Gasteiger partial charge in [0.05, 0.1) is 12.2 Å². The lowest BCUT2D eigenvalue weighted by molar-refractivity contribution is -0.0168. The molecule has 0 bridgehead atoms. The molecular weight excluding hydrogens is 394 g/mol. The number of aliphatic hydroxyl groups is 1. The number of hydrogen-bond acceptors (Lipinski definition) is 3. The van der Waals surface area contributed by atoms with Crippen LogP contribution in [0.15, 0.2) is 54.6 Å². The van der Waals surface area contributed by atoms with Gasteiger partial charge in [0.25, 0.3) is 0 Å². The summed E-state index contributed by atoms with van der Waals surface area (Å²) in [6, 6.07) is 18.9. The van der Waals surface area contributed by atoms with Gasteiger partial charge in [-0.25, -0.2) is 0 Å². The maximum Gasteiger partial charge on any atom is 0.119 e. The van der Waals surface area contributed by atoms with Crippen LogP contribution in [0.5, 0.6) is 5.75 Å². The van der Waals surface area contributed by atoms with E-state index in [9.17, 15) is 5.11 Å². The molecule has 32 heavy (non-hydrogen) atoms. The second kappa shape index (κ2) is 13.0. The minimum atomic E-state index is -0.893. The van der Waals surface area contributed by atoms with Crippen molar-refractivity contribution >= 4 is 0 Å². The zero-order valence-electron chi connectivity index (χ0n) is 20.3. The van der Waals surface area contributed by atoms with Crippen molar-refractivity contribution in [1.82, 2.24) is 4.90 Å². The molecule has 0 spiro atoms. The Hall–Kier alpha value is -1.84. The number of piperidine rings is 1. The minimum Gasteiger partial charge on any atom is -0.494 e. The number of hydrogen-bond donors (Lipinski definition) is 1. The van der Waals surface area contributed by atoms with Crippen molar-refractivity contribution in [3.8, 4) is 5.75 Å². The monoisotopic (exact) mass is 437 g/mol. The molecule has 1 N–H and O–H groups in total. The van der Waals surface area contributed by atoms with Gasteiger partial charge in [-0.3, -0.25) is 0 Å². The molecule has 1 heterocycles. The standard InChI is InChI=1S/C29H43NO2/c1-3-5-6-7-12-21-29(31,26-17-19-27(20-18-26)32-4-2)28(25-15-10-8-11-16-25)24-30-22-13-9-14-23-30/h8,10-11,15-20,28,31H,3-7,9,12-14,21-24H2,1-2H3/t28-,29-/m1/s1. The predicted molar refractivity (Wildman–Crippen MR) is 134 cm³/mol. The average molecular weight is 438 g/mol. The minimum absolute atomic E-state index is 0.0471. The summed E-state index contributed by atoms with van der Waals surface area (Å²) in [6.07, 6.45) is 10.6. The van der Waals surface area contributed by atoms with E-state index in [2.05, 4.69) is 54.3 Å². The molecule has 3 nitrogen and oxygen atoms in total. The van der Waals surface area contributed by atoms with Crippen molar-refractivity contribution in [3.63, 3.8) is 0 Å². The Labute approximate surface area is 195 Å². The molecule has 3 rings (SSSR count). The smallest absolute Gasteiger partial charge is 0.119 e. The Morgan fingerprint density at radius 1 is 0.875 bits per heavy atom. The number of rotatable bonds is 13. The molecular formula is C29H43NO2. The fraction of sp³-hybridized carbons (Fsp3) is 0.586. The van der Waals surface area contributed by atoms with E-state index in [4.69, 9.17) is 4.74 Å². The number of unbranched alkanes of at least 4 members (excludes halogenated alkanes) is 4. The lowest BCUT2D eigenvalue weighted by Gasteiger charge is -2.41. The summed E-state index contributed by atoms with van der Waals surface area (Å²) in [5.41, 5.74) is 1.36. The molecule has 2 atom stereocenters. The molecule has 0 aliphatic carbocycles. The number of nitrogens with zero attached hydrogens (tertiary/aromatic N) is 1. The van der Waals surface area contributed by atoms with Gasteiger partial charge in [-0.05, 0) is 62.5 Å². The van der Waals surface area contributed by atoms with Crippen LogP contribution in [-0.2, 0) is 5.60 Å². The first-order chi connectivity index (χ1) is 15.7. The topological polar surface area (TPSA) is 32.7 Å². The summed E-state index contributed by atoms with van der Waals surface area (Å²) in [6.45, 7) is 8.09. The third kappa shape index (κ3) is 6.83. The average Bonchev–Trinajstić information content (AvgIpc) is 2.84. The van der Waals surface area contributed by atoms with Crippen LogP contribution in [0.2, 0.25) is 0 Å². The fourth-order valence-electron chi connectivity index (χ4n) is 5.14. The molecule has 0 amide bonds. The predicted octanol–water partition coefficient (Wildman–Crippen LogP) is 6.90. The van der Waals surface area contributed by atoms with Gasteiger partial charge in [0.15, 0.2) is 0 Å². The molecule has 2 aromatic rings. The largest absolute Gasteiger partial charge is 0.494 e. The van der Waals surface area contributed by atoms with Crippen molar-refractivity contribution in [1.29, 1.82) is 0 Å². The Morgan fingerprint density at radius 2 is 1.56 bits per heavy atom. The van der Waals surface area contributed by atoms with Gasteiger partial charge >= 0.3 is 0 Å². The zero-order chi connectivity index (χ0) is 22.7. The highest BCUT2D eigenvalue weighted by atomic mass is 16.5. The molecule has 1 aliphatic rings. The van der Waals surface area contributed by atoms with Crippen molar-refractivity contribution in [2.75, 3.05) is 26.2 Å². The van der Waals surface area contributed by atoms with Crippen molar-refractivity contribution in [3.05, 3.63) is 65.7 Å². The van der Waals surface area contributed by atoms with Crippen molar-refractivity contribution in [2.24, 2.45) is 0 Å². The highest BCUT2D eigenvalue weighted by Crippen LogP contribution is 2.42. The lowest BCUT2D eigenvalue weighted by atomic mass is 9.73. The summed E-state index contributed by atoms with van der Waals surface area (Å²) in [5, 5.41) is 12.4. The number of ether oxygens (including phenoxy) is 1. The van der Waals surface area contributed by atoms with Crippen LogP contribution in [-0.4, -0.2) is 36.2 Å². The van der Waals surface area contributed by atoms with E-state index in [0.717, 1.165) is 43.8 Å². The third-order valence-corrected chi connectivity index (χ3v) is 6.99. The van der Waals surface area contributed by atoms with Gasteiger partial charge in [-0.1, -0.05) is 87.9 Å². The molecule has 2 aromatic carbocycles. The second-order valence-corrected chi connectivity index (χ2v) is 9.37. The van der Waals surface area contributed by atoms with E-state index >= 15 is 0 Å². The first-order valence-corrected chi connectivity index (χ1v) is 12.9. The van der Waals surface area contributed by atoms with Gasteiger partial charge < -0.3 is 14.7 Å². The molecule has 1 saturated heterocycles. The fourth-order valence-corrected chi connectivity index (χ4v) is 5.14.